The summed E-state index contributed by atoms with van der Waals surface area (Å²) in [6, 6.07) is 10.5. The van der Waals surface area contributed by atoms with E-state index in [-0.39, 0.29) is 5.60 Å². The Morgan fingerprint density at radius 2 is 1.68 bits per heavy atom. The molecule has 170 valence electrons. The van der Waals surface area contributed by atoms with Crippen molar-refractivity contribution in [1.29, 1.82) is 0 Å². The fraction of sp³-hybridized carbons (Fsp3) is 0.724. The molecule has 7 atom stereocenters. The molecule has 0 radical (unpaired) electrons. The van der Waals surface area contributed by atoms with Gasteiger partial charge in [0.15, 0.2) is 0 Å². The van der Waals surface area contributed by atoms with Gasteiger partial charge in [-0.2, -0.15) is 0 Å². The Morgan fingerprint density at radius 3 is 2.42 bits per heavy atom. The summed E-state index contributed by atoms with van der Waals surface area (Å²) < 4.78 is 13.0. The van der Waals surface area contributed by atoms with E-state index in [2.05, 4.69) is 71.0 Å². The SMILES string of the molecule is CC(C)(C)O[C@H]1CC[C@@]2(C)C(=CC[C@@H]3[C@@H]4CC[C@H](Oc5ccccc5)[C@@]4(C)CC[C@@H]32)C1. The summed E-state index contributed by atoms with van der Waals surface area (Å²) >= 11 is 0. The number of ether oxygens (including phenoxy) is 2. The van der Waals surface area contributed by atoms with Crippen molar-refractivity contribution in [2.45, 2.75) is 104 Å². The Kier molecular flexibility index (Phi) is 5.32. The van der Waals surface area contributed by atoms with Crippen LogP contribution in [0.4, 0.5) is 0 Å². The van der Waals surface area contributed by atoms with Crippen molar-refractivity contribution in [1.82, 2.24) is 0 Å². The third-order valence-corrected chi connectivity index (χ3v) is 9.51. The summed E-state index contributed by atoms with van der Waals surface area (Å²) in [7, 11) is 0. The summed E-state index contributed by atoms with van der Waals surface area (Å²) in [6.07, 6.45) is 13.6. The van der Waals surface area contributed by atoms with Gasteiger partial charge in [-0.3, -0.25) is 0 Å². The monoisotopic (exact) mass is 422 g/mol. The van der Waals surface area contributed by atoms with Gasteiger partial charge in [-0.15, -0.1) is 0 Å². The van der Waals surface area contributed by atoms with E-state index in [1.165, 1.54) is 44.9 Å². The highest BCUT2D eigenvalue weighted by molar-refractivity contribution is 5.26. The predicted octanol–water partition coefficient (Wildman–Crippen LogP) is 7.58. The molecule has 0 aliphatic heterocycles. The average Bonchev–Trinajstić information content (AvgIpc) is 3.04. The molecule has 3 saturated carbocycles. The first-order valence-electron chi connectivity index (χ1n) is 12.8. The van der Waals surface area contributed by atoms with E-state index in [1.807, 2.05) is 0 Å². The van der Waals surface area contributed by atoms with Crippen molar-refractivity contribution >= 4 is 0 Å². The molecule has 0 aromatic heterocycles. The van der Waals surface area contributed by atoms with Crippen molar-refractivity contribution < 1.29 is 9.47 Å². The van der Waals surface area contributed by atoms with E-state index in [9.17, 15) is 0 Å². The lowest BCUT2D eigenvalue weighted by atomic mass is 9.48. The maximum absolute atomic E-state index is 6.59. The molecular formula is C29H42O2. The van der Waals surface area contributed by atoms with Crippen LogP contribution in [0.5, 0.6) is 5.75 Å². The third-order valence-electron chi connectivity index (χ3n) is 9.51. The molecule has 0 amide bonds. The van der Waals surface area contributed by atoms with Gasteiger partial charge in [-0.25, -0.2) is 0 Å². The molecule has 0 bridgehead atoms. The average molecular weight is 423 g/mol. The highest BCUT2D eigenvalue weighted by Crippen LogP contribution is 2.65. The molecule has 0 unspecified atom stereocenters. The number of benzene rings is 1. The van der Waals surface area contributed by atoms with Gasteiger partial charge in [0.05, 0.1) is 11.7 Å². The fourth-order valence-electron chi connectivity index (χ4n) is 8.04. The molecule has 5 rings (SSSR count). The zero-order valence-electron chi connectivity index (χ0n) is 20.3. The Hall–Kier alpha value is -1.28. The zero-order valence-corrected chi connectivity index (χ0v) is 20.3. The lowest BCUT2D eigenvalue weighted by Crippen LogP contribution is -2.52. The van der Waals surface area contributed by atoms with E-state index in [4.69, 9.17) is 9.47 Å². The first-order valence-corrected chi connectivity index (χ1v) is 12.8. The van der Waals surface area contributed by atoms with Crippen LogP contribution in [-0.4, -0.2) is 17.8 Å². The van der Waals surface area contributed by atoms with Crippen LogP contribution in [0.2, 0.25) is 0 Å². The van der Waals surface area contributed by atoms with Crippen LogP contribution in [0.15, 0.2) is 42.0 Å². The number of allylic oxidation sites excluding steroid dienone is 1. The molecule has 31 heavy (non-hydrogen) atoms. The molecule has 0 N–H and O–H groups in total. The second-order valence-corrected chi connectivity index (χ2v) is 12.4. The Morgan fingerprint density at radius 1 is 0.903 bits per heavy atom. The number of hydrogen-bond donors (Lipinski definition) is 0. The lowest BCUT2D eigenvalue weighted by molar-refractivity contribution is -0.0971. The number of hydrogen-bond acceptors (Lipinski definition) is 2. The molecule has 2 nitrogen and oxygen atoms in total. The van der Waals surface area contributed by atoms with Gasteiger partial charge in [0, 0.05) is 5.41 Å². The fourth-order valence-corrected chi connectivity index (χ4v) is 8.04. The summed E-state index contributed by atoms with van der Waals surface area (Å²) in [4.78, 5) is 0. The first-order chi connectivity index (χ1) is 14.7. The van der Waals surface area contributed by atoms with E-state index in [0.29, 0.717) is 23.0 Å². The molecule has 1 aromatic rings. The highest BCUT2D eigenvalue weighted by atomic mass is 16.5. The quantitative estimate of drug-likeness (QED) is 0.467. The third kappa shape index (κ3) is 3.77. The second-order valence-electron chi connectivity index (χ2n) is 12.4. The van der Waals surface area contributed by atoms with Crippen molar-refractivity contribution in [3.63, 3.8) is 0 Å². The number of para-hydroxylation sites is 1. The molecular weight excluding hydrogens is 380 g/mol. The van der Waals surface area contributed by atoms with Crippen LogP contribution in [-0.2, 0) is 4.74 Å². The largest absolute Gasteiger partial charge is 0.490 e. The van der Waals surface area contributed by atoms with Gasteiger partial charge >= 0.3 is 0 Å². The van der Waals surface area contributed by atoms with Gasteiger partial charge in [0.25, 0.3) is 0 Å². The van der Waals surface area contributed by atoms with E-state index in [1.54, 1.807) is 5.57 Å². The Balaban J connectivity index is 1.34. The minimum atomic E-state index is -0.0412. The molecule has 3 fully saturated rings. The lowest BCUT2D eigenvalue weighted by Gasteiger charge is -2.58. The first kappa shape index (κ1) is 21.6. The molecule has 0 heterocycles. The maximum Gasteiger partial charge on any atom is 0.119 e. The van der Waals surface area contributed by atoms with Crippen LogP contribution >= 0.6 is 0 Å². The van der Waals surface area contributed by atoms with Crippen LogP contribution in [0.25, 0.3) is 0 Å². The van der Waals surface area contributed by atoms with Gasteiger partial charge in [0.1, 0.15) is 11.9 Å². The Bertz CT molecular complexity index is 821. The standard InChI is InChI=1S/C29H42O2/c1-27(2,3)31-22-15-17-28(4)20(19-22)11-12-23-24-13-14-26(29(24,5)18-16-25(23)28)30-21-9-7-6-8-10-21/h6-11,22-26H,12-19H2,1-5H3/t22-,23+,24-,25-,26-,28-,29-/m0/s1. The van der Waals surface area contributed by atoms with Gasteiger partial charge in [0.2, 0.25) is 0 Å². The second kappa shape index (κ2) is 7.65. The normalized spacial score (nSPS) is 42.2. The molecule has 1 aromatic carbocycles. The van der Waals surface area contributed by atoms with Crippen molar-refractivity contribution in [2.75, 3.05) is 0 Å². The molecule has 0 spiro atoms. The summed E-state index contributed by atoms with van der Waals surface area (Å²) in [5.74, 6) is 3.53. The van der Waals surface area contributed by atoms with Crippen LogP contribution < -0.4 is 4.74 Å². The van der Waals surface area contributed by atoms with Gasteiger partial charge < -0.3 is 9.47 Å². The van der Waals surface area contributed by atoms with Crippen molar-refractivity contribution in [3.05, 3.63) is 42.0 Å². The molecule has 0 saturated heterocycles. The van der Waals surface area contributed by atoms with E-state index < -0.39 is 0 Å². The summed E-state index contributed by atoms with van der Waals surface area (Å²) in [5, 5.41) is 0. The zero-order chi connectivity index (χ0) is 21.9. The Labute approximate surface area is 189 Å². The minimum Gasteiger partial charge on any atom is -0.490 e. The van der Waals surface area contributed by atoms with Crippen LogP contribution in [0.1, 0.15) is 86.0 Å². The number of rotatable bonds is 3. The van der Waals surface area contributed by atoms with Gasteiger partial charge in [-0.1, -0.05) is 43.7 Å². The maximum atomic E-state index is 6.59. The topological polar surface area (TPSA) is 18.5 Å². The highest BCUT2D eigenvalue weighted by Gasteiger charge is 2.59. The van der Waals surface area contributed by atoms with Gasteiger partial charge in [-0.05, 0) is 107 Å². The smallest absolute Gasteiger partial charge is 0.119 e. The van der Waals surface area contributed by atoms with E-state index in [0.717, 1.165) is 29.9 Å². The van der Waals surface area contributed by atoms with Crippen LogP contribution in [0.3, 0.4) is 0 Å². The molecule has 2 heteroatoms. The van der Waals surface area contributed by atoms with Crippen LogP contribution in [0, 0.1) is 28.6 Å². The predicted molar refractivity (Wildman–Crippen MR) is 127 cm³/mol. The van der Waals surface area contributed by atoms with Crippen molar-refractivity contribution in [2.24, 2.45) is 28.6 Å². The number of fused-ring (bicyclic) bond motifs is 5. The molecule has 4 aliphatic carbocycles. The van der Waals surface area contributed by atoms with Crippen molar-refractivity contribution in [3.8, 4) is 5.75 Å². The molecule has 4 aliphatic rings. The summed E-state index contributed by atoms with van der Waals surface area (Å²) in [5.41, 5.74) is 2.39. The summed E-state index contributed by atoms with van der Waals surface area (Å²) in [6.45, 7) is 11.7. The van der Waals surface area contributed by atoms with E-state index >= 15 is 0 Å². The minimum absolute atomic E-state index is 0.0412.